The number of aryl methyl sites for hydroxylation is 1. The molecule has 114 valence electrons. The van der Waals surface area contributed by atoms with Gasteiger partial charge in [-0.1, -0.05) is 17.7 Å². The van der Waals surface area contributed by atoms with E-state index < -0.39 is 12.0 Å². The predicted octanol–water partition coefficient (Wildman–Crippen LogP) is 2.36. The maximum absolute atomic E-state index is 12.3. The van der Waals surface area contributed by atoms with Gasteiger partial charge in [0.2, 0.25) is 0 Å². The number of halogens is 1. The van der Waals surface area contributed by atoms with Crippen LogP contribution < -0.4 is 5.32 Å². The number of nitrogens with zero attached hydrogens (tertiary/aromatic N) is 1. The largest absolute Gasteiger partial charge is 0.481 e. The van der Waals surface area contributed by atoms with Gasteiger partial charge in [0.15, 0.2) is 0 Å². The summed E-state index contributed by atoms with van der Waals surface area (Å²) in [7, 11) is 0. The molecule has 1 unspecified atom stereocenters. The number of carboxylic acid groups (broad SMARTS) is 1. The van der Waals surface area contributed by atoms with Crippen LogP contribution in [0.3, 0.4) is 0 Å². The number of morpholine rings is 1. The molecule has 0 aromatic heterocycles. The fourth-order valence-electron chi connectivity index (χ4n) is 2.16. The van der Waals surface area contributed by atoms with Gasteiger partial charge in [0.1, 0.15) is 0 Å². The van der Waals surface area contributed by atoms with Crippen molar-refractivity contribution in [1.82, 2.24) is 4.90 Å². The van der Waals surface area contributed by atoms with Crippen LogP contribution in [-0.2, 0) is 9.53 Å². The number of amides is 2. The second-order valence-electron chi connectivity index (χ2n) is 4.91. The number of carboxylic acids is 1. The maximum Gasteiger partial charge on any atom is 0.322 e. The first-order valence-corrected chi connectivity index (χ1v) is 6.98. The van der Waals surface area contributed by atoms with E-state index in [1.165, 1.54) is 4.90 Å². The molecule has 0 bridgehead atoms. The van der Waals surface area contributed by atoms with E-state index in [4.69, 9.17) is 21.4 Å². The van der Waals surface area contributed by atoms with Gasteiger partial charge in [-0.05, 0) is 24.6 Å². The number of aliphatic carboxylic acids is 1. The molecule has 1 saturated heterocycles. The van der Waals surface area contributed by atoms with E-state index >= 15 is 0 Å². The number of ether oxygens (including phenoxy) is 1. The molecule has 1 heterocycles. The minimum atomic E-state index is -0.957. The van der Waals surface area contributed by atoms with Crippen LogP contribution in [0.25, 0.3) is 0 Å². The van der Waals surface area contributed by atoms with Gasteiger partial charge in [-0.25, -0.2) is 4.79 Å². The third kappa shape index (κ3) is 4.09. The summed E-state index contributed by atoms with van der Waals surface area (Å²) in [6.45, 7) is 2.87. The van der Waals surface area contributed by atoms with Crippen molar-refractivity contribution >= 4 is 29.3 Å². The molecular formula is C14H17ClN2O4. The molecule has 6 nitrogen and oxygen atoms in total. The van der Waals surface area contributed by atoms with Gasteiger partial charge in [-0.3, -0.25) is 4.79 Å². The summed E-state index contributed by atoms with van der Waals surface area (Å²) >= 11 is 6.02. The Morgan fingerprint density at radius 1 is 1.52 bits per heavy atom. The van der Waals surface area contributed by atoms with Gasteiger partial charge < -0.3 is 20.1 Å². The van der Waals surface area contributed by atoms with Gasteiger partial charge >= 0.3 is 12.0 Å². The Kier molecular flexibility index (Phi) is 5.03. The monoisotopic (exact) mass is 312 g/mol. The van der Waals surface area contributed by atoms with Crippen LogP contribution in [-0.4, -0.2) is 47.8 Å². The van der Waals surface area contributed by atoms with E-state index in [9.17, 15) is 9.59 Å². The van der Waals surface area contributed by atoms with Gasteiger partial charge in [0, 0.05) is 17.3 Å². The fourth-order valence-corrected chi connectivity index (χ4v) is 2.34. The van der Waals surface area contributed by atoms with Crippen molar-refractivity contribution < 1.29 is 19.4 Å². The van der Waals surface area contributed by atoms with Crippen molar-refractivity contribution in [1.29, 1.82) is 0 Å². The van der Waals surface area contributed by atoms with Crippen molar-refractivity contribution in [2.24, 2.45) is 0 Å². The summed E-state index contributed by atoms with van der Waals surface area (Å²) in [6.07, 6.45) is -0.137. The minimum absolute atomic E-state index is 0.137. The van der Waals surface area contributed by atoms with E-state index in [2.05, 4.69) is 5.32 Å². The number of nitrogens with one attached hydrogen (secondary N) is 1. The number of carbonyl (C=O) groups is 2. The van der Waals surface area contributed by atoms with Gasteiger partial charge in [-0.2, -0.15) is 0 Å². The SMILES string of the molecule is Cc1ccc(NC(=O)N2CCOCC2CC(=O)O)cc1Cl. The highest BCUT2D eigenvalue weighted by Gasteiger charge is 2.29. The van der Waals surface area contributed by atoms with Crippen molar-refractivity contribution in [3.05, 3.63) is 28.8 Å². The molecular weight excluding hydrogens is 296 g/mol. The van der Waals surface area contributed by atoms with E-state index in [1.54, 1.807) is 12.1 Å². The van der Waals surface area contributed by atoms with Crippen LogP contribution in [0.2, 0.25) is 5.02 Å². The molecule has 1 fully saturated rings. The minimum Gasteiger partial charge on any atom is -0.481 e. The summed E-state index contributed by atoms with van der Waals surface area (Å²) in [4.78, 5) is 24.6. The Bertz CT molecular complexity index is 550. The van der Waals surface area contributed by atoms with Crippen LogP contribution in [0.5, 0.6) is 0 Å². The first-order valence-electron chi connectivity index (χ1n) is 6.60. The average molecular weight is 313 g/mol. The maximum atomic E-state index is 12.3. The van der Waals surface area contributed by atoms with Gasteiger partial charge in [0.25, 0.3) is 0 Å². The lowest BCUT2D eigenvalue weighted by atomic mass is 10.1. The van der Waals surface area contributed by atoms with E-state index in [0.717, 1.165) is 5.56 Å². The van der Waals surface area contributed by atoms with Crippen molar-refractivity contribution in [3.8, 4) is 0 Å². The zero-order valence-corrected chi connectivity index (χ0v) is 12.4. The summed E-state index contributed by atoms with van der Waals surface area (Å²) in [5, 5.41) is 12.2. The Labute approximate surface area is 127 Å². The van der Waals surface area contributed by atoms with Crippen molar-refractivity contribution in [2.75, 3.05) is 25.1 Å². The molecule has 21 heavy (non-hydrogen) atoms. The Hall–Kier alpha value is -1.79. The van der Waals surface area contributed by atoms with Crippen LogP contribution >= 0.6 is 11.6 Å². The quantitative estimate of drug-likeness (QED) is 0.898. The molecule has 1 aliphatic heterocycles. The molecule has 0 aliphatic carbocycles. The zero-order chi connectivity index (χ0) is 15.4. The Balaban J connectivity index is 2.06. The molecule has 1 atom stereocenters. The van der Waals surface area contributed by atoms with Crippen LogP contribution in [0, 0.1) is 6.92 Å². The topological polar surface area (TPSA) is 78.9 Å². The number of rotatable bonds is 3. The highest BCUT2D eigenvalue weighted by molar-refractivity contribution is 6.31. The molecule has 0 saturated carbocycles. The lowest BCUT2D eigenvalue weighted by molar-refractivity contribution is -0.139. The summed E-state index contributed by atoms with van der Waals surface area (Å²) in [6, 6.07) is 4.43. The normalized spacial score (nSPS) is 18.4. The molecule has 0 spiro atoms. The molecule has 2 rings (SSSR count). The number of hydrogen-bond acceptors (Lipinski definition) is 3. The molecule has 1 aromatic carbocycles. The number of carbonyl (C=O) groups excluding carboxylic acids is 1. The third-order valence-electron chi connectivity index (χ3n) is 3.32. The number of anilines is 1. The number of hydrogen-bond donors (Lipinski definition) is 2. The highest BCUT2D eigenvalue weighted by Crippen LogP contribution is 2.21. The molecule has 1 aliphatic rings. The molecule has 2 N–H and O–H groups in total. The molecule has 2 amide bonds. The van der Waals surface area contributed by atoms with Gasteiger partial charge in [-0.15, -0.1) is 0 Å². The molecule has 0 radical (unpaired) electrons. The second kappa shape index (κ2) is 6.78. The number of benzene rings is 1. The third-order valence-corrected chi connectivity index (χ3v) is 3.73. The average Bonchev–Trinajstić information content (AvgIpc) is 2.43. The van der Waals surface area contributed by atoms with E-state index in [0.29, 0.717) is 23.9 Å². The van der Waals surface area contributed by atoms with E-state index in [-0.39, 0.29) is 19.1 Å². The lowest BCUT2D eigenvalue weighted by Crippen LogP contribution is -2.51. The van der Waals surface area contributed by atoms with Crippen molar-refractivity contribution in [3.63, 3.8) is 0 Å². The first kappa shape index (κ1) is 15.6. The molecule has 1 aromatic rings. The van der Waals surface area contributed by atoms with Crippen LogP contribution in [0.15, 0.2) is 18.2 Å². The van der Waals surface area contributed by atoms with Crippen LogP contribution in [0.1, 0.15) is 12.0 Å². The summed E-state index contributed by atoms with van der Waals surface area (Å²) in [5.74, 6) is -0.957. The van der Waals surface area contributed by atoms with Crippen molar-refractivity contribution in [2.45, 2.75) is 19.4 Å². The second-order valence-corrected chi connectivity index (χ2v) is 5.32. The standard InChI is InChI=1S/C14H17ClN2O4/c1-9-2-3-10(6-12(9)15)16-14(20)17-4-5-21-8-11(17)7-13(18)19/h2-3,6,11H,4-5,7-8H2,1H3,(H,16,20)(H,18,19). The van der Waals surface area contributed by atoms with Gasteiger partial charge in [0.05, 0.1) is 25.7 Å². The first-order chi connectivity index (χ1) is 9.97. The summed E-state index contributed by atoms with van der Waals surface area (Å²) in [5.41, 5.74) is 1.50. The molecule has 7 heteroatoms. The summed E-state index contributed by atoms with van der Waals surface area (Å²) < 4.78 is 5.24. The zero-order valence-electron chi connectivity index (χ0n) is 11.6. The van der Waals surface area contributed by atoms with Crippen LogP contribution in [0.4, 0.5) is 10.5 Å². The Morgan fingerprint density at radius 3 is 2.95 bits per heavy atom. The fraction of sp³-hybridized carbons (Fsp3) is 0.429. The Morgan fingerprint density at radius 2 is 2.29 bits per heavy atom. The smallest absolute Gasteiger partial charge is 0.322 e. The highest BCUT2D eigenvalue weighted by atomic mass is 35.5. The lowest BCUT2D eigenvalue weighted by Gasteiger charge is -2.34. The van der Waals surface area contributed by atoms with E-state index in [1.807, 2.05) is 13.0 Å². The predicted molar refractivity (Wildman–Crippen MR) is 78.8 cm³/mol. The number of urea groups is 1.